The van der Waals surface area contributed by atoms with E-state index in [-0.39, 0.29) is 0 Å². The third-order valence-electron chi connectivity index (χ3n) is 9.40. The zero-order valence-corrected chi connectivity index (χ0v) is 24.8. The molecule has 0 amide bonds. The summed E-state index contributed by atoms with van der Waals surface area (Å²) in [5.74, 6) is 1.80. The quantitative estimate of drug-likeness (QED) is 0.205. The van der Waals surface area contributed by atoms with Crippen LogP contribution in [0.1, 0.15) is 0 Å². The van der Waals surface area contributed by atoms with Crippen molar-refractivity contribution in [3.8, 4) is 56.0 Å². The second-order valence-corrected chi connectivity index (χ2v) is 12.1. The van der Waals surface area contributed by atoms with E-state index in [0.717, 1.165) is 61.3 Å². The van der Waals surface area contributed by atoms with Crippen LogP contribution < -0.4 is 4.74 Å². The highest BCUT2D eigenvalue weighted by atomic mass is 16.5. The molecule has 9 aromatic rings. The average Bonchev–Trinajstić information content (AvgIpc) is 3.48. The topological polar surface area (TPSA) is 22.4 Å². The Morgan fingerprint density at radius 3 is 1.89 bits per heavy atom. The molecule has 46 heavy (non-hydrogen) atoms. The molecule has 0 radical (unpaired) electrons. The van der Waals surface area contributed by atoms with Gasteiger partial charge in [-0.05, 0) is 110 Å². The summed E-state index contributed by atoms with van der Waals surface area (Å²) < 4.78 is 12.9. The third kappa shape index (κ3) is 3.84. The van der Waals surface area contributed by atoms with Gasteiger partial charge in [0.1, 0.15) is 22.7 Å². The smallest absolute Gasteiger partial charge is 0.136 e. The van der Waals surface area contributed by atoms with Crippen molar-refractivity contribution in [1.82, 2.24) is 0 Å². The van der Waals surface area contributed by atoms with E-state index in [1.165, 1.54) is 38.2 Å². The largest absolute Gasteiger partial charge is 0.456 e. The summed E-state index contributed by atoms with van der Waals surface area (Å²) in [4.78, 5) is 0. The van der Waals surface area contributed by atoms with Crippen LogP contribution in [0.5, 0.6) is 11.5 Å². The second kappa shape index (κ2) is 9.69. The van der Waals surface area contributed by atoms with Gasteiger partial charge < -0.3 is 9.15 Å². The highest BCUT2D eigenvalue weighted by molar-refractivity contribution is 6.16. The molecule has 0 saturated heterocycles. The van der Waals surface area contributed by atoms with E-state index < -0.39 is 0 Å². The summed E-state index contributed by atoms with van der Waals surface area (Å²) in [6, 6.07) is 56.2. The van der Waals surface area contributed by atoms with Crippen molar-refractivity contribution in [3.05, 3.63) is 158 Å². The molecule has 0 unspecified atom stereocenters. The fraction of sp³-hybridized carbons (Fsp3) is 0. The molecule has 2 nitrogen and oxygen atoms in total. The lowest BCUT2D eigenvalue weighted by atomic mass is 9.89. The van der Waals surface area contributed by atoms with Crippen molar-refractivity contribution in [3.63, 3.8) is 0 Å². The molecule has 0 bridgehead atoms. The number of furan rings is 1. The van der Waals surface area contributed by atoms with Crippen LogP contribution in [0.25, 0.3) is 88.0 Å². The predicted octanol–water partition coefficient (Wildman–Crippen LogP) is 12.7. The highest BCUT2D eigenvalue weighted by Crippen LogP contribution is 2.48. The van der Waals surface area contributed by atoms with Crippen LogP contribution in [0, 0.1) is 0 Å². The lowest BCUT2D eigenvalue weighted by Gasteiger charge is -2.22. The Labute approximate surface area is 265 Å². The summed E-state index contributed by atoms with van der Waals surface area (Å²) in [6.07, 6.45) is 0. The maximum Gasteiger partial charge on any atom is 0.136 e. The average molecular weight is 587 g/mol. The van der Waals surface area contributed by atoms with E-state index in [1.807, 2.05) is 0 Å². The fourth-order valence-electron chi connectivity index (χ4n) is 7.24. The van der Waals surface area contributed by atoms with Gasteiger partial charge in [-0.1, -0.05) is 103 Å². The van der Waals surface area contributed by atoms with E-state index in [1.54, 1.807) is 0 Å². The Kier molecular flexibility index (Phi) is 5.31. The summed E-state index contributed by atoms with van der Waals surface area (Å²) in [7, 11) is 0. The van der Waals surface area contributed by atoms with Crippen LogP contribution >= 0.6 is 0 Å². The Balaban J connectivity index is 1.21. The molecule has 8 aromatic carbocycles. The number of fused-ring (bicyclic) bond motifs is 6. The van der Waals surface area contributed by atoms with Gasteiger partial charge in [0, 0.05) is 21.7 Å². The molecule has 214 valence electrons. The number of hydrogen-bond acceptors (Lipinski definition) is 2. The first kappa shape index (κ1) is 25.2. The standard InChI is InChI=1S/C44H26O2/c1-2-9-27(10-3-1)32-21-33(31-19-20-39-37(24-31)36-16-6-13-28-14-7-17-40(45-39)43(28)36)23-34(22-32)35-15-8-18-41-44(35)38-25-29-11-4-5-12-30(29)26-42(38)46-41/h1-26H. The van der Waals surface area contributed by atoms with Gasteiger partial charge >= 0.3 is 0 Å². The molecule has 2 heterocycles. The van der Waals surface area contributed by atoms with Gasteiger partial charge in [0.2, 0.25) is 0 Å². The molecule has 0 aliphatic carbocycles. The van der Waals surface area contributed by atoms with E-state index in [9.17, 15) is 0 Å². The van der Waals surface area contributed by atoms with E-state index in [0.29, 0.717) is 0 Å². The van der Waals surface area contributed by atoms with E-state index >= 15 is 0 Å². The molecule has 2 heteroatoms. The van der Waals surface area contributed by atoms with Crippen molar-refractivity contribution < 1.29 is 9.15 Å². The van der Waals surface area contributed by atoms with Gasteiger partial charge in [-0.3, -0.25) is 0 Å². The predicted molar refractivity (Wildman–Crippen MR) is 191 cm³/mol. The summed E-state index contributed by atoms with van der Waals surface area (Å²) in [6.45, 7) is 0. The SMILES string of the molecule is c1ccc(-c2cc(-c3ccc4c(c3)-c3cccc5cccc(c35)O4)cc(-c3cccc4oc5cc6ccccc6cc5c34)c2)cc1. The minimum atomic E-state index is 0.885. The molecule has 0 N–H and O–H groups in total. The van der Waals surface area contributed by atoms with E-state index in [2.05, 4.69) is 158 Å². The maximum atomic E-state index is 6.46. The van der Waals surface area contributed by atoms with Crippen molar-refractivity contribution >= 4 is 43.5 Å². The van der Waals surface area contributed by atoms with Crippen molar-refractivity contribution in [2.75, 3.05) is 0 Å². The maximum absolute atomic E-state index is 6.46. The Morgan fingerprint density at radius 1 is 0.326 bits per heavy atom. The summed E-state index contributed by atoms with van der Waals surface area (Å²) in [5.41, 5.74) is 11.1. The van der Waals surface area contributed by atoms with Crippen LogP contribution in [0.3, 0.4) is 0 Å². The monoisotopic (exact) mass is 586 g/mol. The molecular formula is C44H26O2. The summed E-state index contributed by atoms with van der Waals surface area (Å²) in [5, 5.41) is 7.01. The van der Waals surface area contributed by atoms with Crippen molar-refractivity contribution in [1.29, 1.82) is 0 Å². The van der Waals surface area contributed by atoms with Gasteiger partial charge in [0.05, 0.1) is 0 Å². The van der Waals surface area contributed by atoms with Gasteiger partial charge in [-0.25, -0.2) is 0 Å². The van der Waals surface area contributed by atoms with Crippen LogP contribution in [0.15, 0.2) is 162 Å². The summed E-state index contributed by atoms with van der Waals surface area (Å²) >= 11 is 0. The molecular weight excluding hydrogens is 560 g/mol. The first-order chi connectivity index (χ1) is 22.8. The molecule has 0 spiro atoms. The highest BCUT2D eigenvalue weighted by Gasteiger charge is 2.21. The third-order valence-corrected chi connectivity index (χ3v) is 9.40. The molecule has 1 aliphatic rings. The zero-order valence-electron chi connectivity index (χ0n) is 24.8. The first-order valence-electron chi connectivity index (χ1n) is 15.7. The molecule has 10 rings (SSSR count). The zero-order chi connectivity index (χ0) is 30.2. The number of rotatable bonds is 3. The normalized spacial score (nSPS) is 12.1. The van der Waals surface area contributed by atoms with Crippen molar-refractivity contribution in [2.24, 2.45) is 0 Å². The number of benzene rings is 8. The van der Waals surface area contributed by atoms with Gasteiger partial charge in [0.25, 0.3) is 0 Å². The number of ether oxygens (including phenoxy) is 1. The van der Waals surface area contributed by atoms with E-state index in [4.69, 9.17) is 9.15 Å². The molecule has 0 fully saturated rings. The minimum Gasteiger partial charge on any atom is -0.456 e. The Bertz CT molecular complexity index is 2660. The van der Waals surface area contributed by atoms with Gasteiger partial charge in [-0.2, -0.15) is 0 Å². The first-order valence-corrected chi connectivity index (χ1v) is 15.7. The molecule has 1 aromatic heterocycles. The molecule has 1 aliphatic heterocycles. The molecule has 0 atom stereocenters. The van der Waals surface area contributed by atoms with Gasteiger partial charge in [0.15, 0.2) is 0 Å². The lowest BCUT2D eigenvalue weighted by Crippen LogP contribution is -1.97. The van der Waals surface area contributed by atoms with Gasteiger partial charge in [-0.15, -0.1) is 0 Å². The molecule has 0 saturated carbocycles. The Hall–Kier alpha value is -6.12. The van der Waals surface area contributed by atoms with Crippen LogP contribution in [0.4, 0.5) is 0 Å². The van der Waals surface area contributed by atoms with Crippen LogP contribution in [-0.4, -0.2) is 0 Å². The van der Waals surface area contributed by atoms with Crippen LogP contribution in [-0.2, 0) is 0 Å². The number of hydrogen-bond donors (Lipinski definition) is 0. The minimum absolute atomic E-state index is 0.885. The Morgan fingerprint density at radius 2 is 1.02 bits per heavy atom. The fourth-order valence-corrected chi connectivity index (χ4v) is 7.24. The van der Waals surface area contributed by atoms with Crippen LogP contribution in [0.2, 0.25) is 0 Å². The lowest BCUT2D eigenvalue weighted by molar-refractivity contribution is 0.487. The van der Waals surface area contributed by atoms with Crippen molar-refractivity contribution in [2.45, 2.75) is 0 Å². The second-order valence-electron chi connectivity index (χ2n) is 12.1.